The molecule has 0 aliphatic heterocycles. The van der Waals surface area contributed by atoms with Crippen LogP contribution in [0.2, 0.25) is 0 Å². The van der Waals surface area contributed by atoms with Gasteiger partial charge in [-0.05, 0) is 12.1 Å². The molecule has 0 aliphatic carbocycles. The van der Waals surface area contributed by atoms with Gasteiger partial charge in [-0.1, -0.05) is 0 Å². The molecule has 0 spiro atoms. The lowest BCUT2D eigenvalue weighted by molar-refractivity contribution is 0.0903. The molecule has 0 heterocycles. The molecule has 70 valence electrons. The fourth-order valence-electron chi connectivity index (χ4n) is 0.933. The van der Waals surface area contributed by atoms with E-state index in [0.29, 0.717) is 0 Å². The highest BCUT2D eigenvalue weighted by Crippen LogP contribution is 2.15. The molecule has 0 aromatic heterocycles. The number of Topliss-reactive ketones (excluding diaryl/α,β-unsaturated/α-hetero) is 1. The van der Waals surface area contributed by atoms with Crippen molar-refractivity contribution >= 4 is 5.78 Å². The van der Waals surface area contributed by atoms with Gasteiger partial charge in [0, 0.05) is 11.6 Å². The summed E-state index contributed by atoms with van der Waals surface area (Å²) in [6.45, 7) is -0.632. The standard InChI is InChI=1S/C9H9FO3/c1-13-8-3-6(9(12)5-11)2-7(10)4-8/h2-4,11H,5H2,1H3. The number of aliphatic hydroxyl groups is 1. The van der Waals surface area contributed by atoms with Crippen molar-refractivity contribution in [3.05, 3.63) is 29.6 Å². The SMILES string of the molecule is COc1cc(F)cc(C(=O)CO)c1. The van der Waals surface area contributed by atoms with Gasteiger partial charge in [0.2, 0.25) is 0 Å². The number of hydrogen-bond acceptors (Lipinski definition) is 3. The minimum atomic E-state index is -0.632. The summed E-state index contributed by atoms with van der Waals surface area (Å²) in [6, 6.07) is 3.59. The molecule has 1 aromatic carbocycles. The van der Waals surface area contributed by atoms with Crippen LogP contribution in [0.3, 0.4) is 0 Å². The Hall–Kier alpha value is -1.42. The van der Waals surface area contributed by atoms with Crippen molar-refractivity contribution in [2.75, 3.05) is 13.7 Å². The van der Waals surface area contributed by atoms with E-state index in [4.69, 9.17) is 9.84 Å². The zero-order valence-electron chi connectivity index (χ0n) is 7.08. The van der Waals surface area contributed by atoms with Crippen molar-refractivity contribution < 1.29 is 19.0 Å². The molecule has 0 bridgehead atoms. The third-order valence-electron chi connectivity index (χ3n) is 1.57. The second kappa shape index (κ2) is 4.00. The van der Waals surface area contributed by atoms with E-state index < -0.39 is 18.2 Å². The van der Waals surface area contributed by atoms with Crippen LogP contribution in [-0.2, 0) is 0 Å². The van der Waals surface area contributed by atoms with Gasteiger partial charge in [-0.2, -0.15) is 0 Å². The Labute approximate surface area is 74.8 Å². The maximum atomic E-state index is 12.8. The first-order valence-corrected chi connectivity index (χ1v) is 3.66. The van der Waals surface area contributed by atoms with Crippen LogP contribution in [0.25, 0.3) is 0 Å². The van der Waals surface area contributed by atoms with Crippen LogP contribution < -0.4 is 4.74 Å². The van der Waals surface area contributed by atoms with Gasteiger partial charge in [0.05, 0.1) is 7.11 Å². The lowest BCUT2D eigenvalue weighted by Gasteiger charge is -2.02. The third-order valence-corrected chi connectivity index (χ3v) is 1.57. The predicted molar refractivity (Wildman–Crippen MR) is 44.4 cm³/mol. The fourth-order valence-corrected chi connectivity index (χ4v) is 0.933. The maximum Gasteiger partial charge on any atom is 0.188 e. The Morgan fingerprint density at radius 2 is 2.23 bits per heavy atom. The highest BCUT2D eigenvalue weighted by atomic mass is 19.1. The quantitative estimate of drug-likeness (QED) is 0.713. The van der Waals surface area contributed by atoms with Crippen molar-refractivity contribution in [1.82, 2.24) is 0 Å². The molecule has 3 nitrogen and oxygen atoms in total. The van der Waals surface area contributed by atoms with Crippen molar-refractivity contribution in [1.29, 1.82) is 0 Å². The number of ether oxygens (including phenoxy) is 1. The van der Waals surface area contributed by atoms with Crippen molar-refractivity contribution in [2.45, 2.75) is 0 Å². The first-order valence-electron chi connectivity index (χ1n) is 3.66. The van der Waals surface area contributed by atoms with Crippen LogP contribution in [0.4, 0.5) is 4.39 Å². The van der Waals surface area contributed by atoms with Gasteiger partial charge in [0.1, 0.15) is 18.2 Å². The summed E-state index contributed by atoms with van der Waals surface area (Å²) in [4.78, 5) is 11.0. The van der Waals surface area contributed by atoms with E-state index in [1.165, 1.54) is 13.2 Å². The zero-order valence-corrected chi connectivity index (χ0v) is 7.08. The number of methoxy groups -OCH3 is 1. The largest absolute Gasteiger partial charge is 0.497 e. The van der Waals surface area contributed by atoms with E-state index in [1.807, 2.05) is 0 Å². The summed E-state index contributed by atoms with van der Waals surface area (Å²) >= 11 is 0. The Kier molecular flexibility index (Phi) is 2.97. The fraction of sp³-hybridized carbons (Fsp3) is 0.222. The molecule has 1 aromatic rings. The third kappa shape index (κ3) is 2.26. The average Bonchev–Trinajstić information content (AvgIpc) is 2.15. The molecule has 0 aliphatic rings. The number of benzene rings is 1. The van der Waals surface area contributed by atoms with E-state index in [2.05, 4.69) is 0 Å². The topological polar surface area (TPSA) is 46.5 Å². The normalized spacial score (nSPS) is 9.77. The van der Waals surface area contributed by atoms with E-state index >= 15 is 0 Å². The van der Waals surface area contributed by atoms with Gasteiger partial charge < -0.3 is 9.84 Å². The average molecular weight is 184 g/mol. The van der Waals surface area contributed by atoms with Crippen molar-refractivity contribution in [3.8, 4) is 5.75 Å². The number of hydrogen-bond donors (Lipinski definition) is 1. The molecule has 0 radical (unpaired) electrons. The summed E-state index contributed by atoms with van der Waals surface area (Å²) in [5, 5.41) is 8.53. The van der Waals surface area contributed by atoms with Crippen LogP contribution in [-0.4, -0.2) is 24.6 Å². The van der Waals surface area contributed by atoms with Crippen molar-refractivity contribution in [3.63, 3.8) is 0 Å². The second-order valence-electron chi connectivity index (χ2n) is 2.46. The number of ketones is 1. The predicted octanol–water partition coefficient (Wildman–Crippen LogP) is 1.01. The van der Waals surface area contributed by atoms with Gasteiger partial charge in [0.25, 0.3) is 0 Å². The number of carbonyl (C=O) groups excluding carboxylic acids is 1. The molecule has 1 rings (SSSR count). The molecule has 0 saturated carbocycles. The monoisotopic (exact) mass is 184 g/mol. The van der Waals surface area contributed by atoms with Crippen LogP contribution in [0.15, 0.2) is 18.2 Å². The highest BCUT2D eigenvalue weighted by molar-refractivity contribution is 5.97. The number of rotatable bonds is 3. The Morgan fingerprint density at radius 3 is 2.77 bits per heavy atom. The molecule has 0 atom stereocenters. The number of aliphatic hydroxyl groups excluding tert-OH is 1. The van der Waals surface area contributed by atoms with E-state index in [9.17, 15) is 9.18 Å². The van der Waals surface area contributed by atoms with Crippen LogP contribution in [0.5, 0.6) is 5.75 Å². The number of halogens is 1. The molecule has 1 N–H and O–H groups in total. The van der Waals surface area contributed by atoms with Crippen LogP contribution in [0, 0.1) is 5.82 Å². The second-order valence-corrected chi connectivity index (χ2v) is 2.46. The van der Waals surface area contributed by atoms with Crippen LogP contribution in [0.1, 0.15) is 10.4 Å². The van der Waals surface area contributed by atoms with E-state index in [0.717, 1.165) is 12.1 Å². The molecular weight excluding hydrogens is 175 g/mol. The summed E-state index contributed by atoms with van der Waals surface area (Å²) in [7, 11) is 1.38. The Morgan fingerprint density at radius 1 is 1.54 bits per heavy atom. The lowest BCUT2D eigenvalue weighted by atomic mass is 10.1. The van der Waals surface area contributed by atoms with Gasteiger partial charge in [0.15, 0.2) is 5.78 Å². The molecular formula is C9H9FO3. The molecule has 0 fully saturated rings. The first kappa shape index (κ1) is 9.67. The number of carbonyl (C=O) groups is 1. The minimum absolute atomic E-state index is 0.111. The summed E-state index contributed by atoms with van der Waals surface area (Å²) in [6.07, 6.45) is 0. The summed E-state index contributed by atoms with van der Waals surface area (Å²) < 4.78 is 17.6. The van der Waals surface area contributed by atoms with Gasteiger partial charge in [-0.3, -0.25) is 4.79 Å². The van der Waals surface area contributed by atoms with Crippen molar-refractivity contribution in [2.24, 2.45) is 0 Å². The molecule has 4 heteroatoms. The highest BCUT2D eigenvalue weighted by Gasteiger charge is 2.07. The minimum Gasteiger partial charge on any atom is -0.497 e. The maximum absolute atomic E-state index is 12.8. The summed E-state index contributed by atoms with van der Waals surface area (Å²) in [5.74, 6) is -0.828. The van der Waals surface area contributed by atoms with E-state index in [-0.39, 0.29) is 11.3 Å². The summed E-state index contributed by atoms with van der Waals surface area (Å²) in [5.41, 5.74) is 0.111. The Balaban J connectivity index is 3.08. The molecule has 0 unspecified atom stereocenters. The van der Waals surface area contributed by atoms with E-state index in [1.54, 1.807) is 0 Å². The van der Waals surface area contributed by atoms with Gasteiger partial charge in [-0.15, -0.1) is 0 Å². The zero-order chi connectivity index (χ0) is 9.84. The smallest absolute Gasteiger partial charge is 0.188 e. The van der Waals surface area contributed by atoms with Gasteiger partial charge >= 0.3 is 0 Å². The van der Waals surface area contributed by atoms with Gasteiger partial charge in [-0.25, -0.2) is 4.39 Å². The first-order chi connectivity index (χ1) is 6.17. The lowest BCUT2D eigenvalue weighted by Crippen LogP contribution is -2.04. The van der Waals surface area contributed by atoms with Crippen LogP contribution >= 0.6 is 0 Å². The molecule has 13 heavy (non-hydrogen) atoms. The molecule has 0 saturated heterocycles. The Bertz CT molecular complexity index is 323. The molecule has 0 amide bonds.